The predicted octanol–water partition coefficient (Wildman–Crippen LogP) is 1.09. The van der Waals surface area contributed by atoms with Gasteiger partial charge in [-0.15, -0.1) is 0 Å². The fourth-order valence-corrected chi connectivity index (χ4v) is 0.259. The molecule has 0 saturated heterocycles. The van der Waals surface area contributed by atoms with Crippen LogP contribution in [-0.2, 0) is 4.79 Å². The number of carboxylic acid groups (broad SMARTS) is 1. The molecule has 0 aliphatic heterocycles. The van der Waals surface area contributed by atoms with Crippen molar-refractivity contribution in [2.75, 3.05) is 0 Å². The van der Waals surface area contributed by atoms with E-state index >= 15 is 0 Å². The Hall–Kier alpha value is -1.25. The lowest BCUT2D eigenvalue weighted by molar-refractivity contribution is -0.135. The lowest BCUT2D eigenvalue weighted by Gasteiger charge is -1.85. The van der Waals surface area contributed by atoms with Crippen LogP contribution in [0.5, 0.6) is 0 Å². The molecule has 0 bridgehead atoms. The van der Waals surface area contributed by atoms with Gasteiger partial charge in [0.2, 0.25) is 5.76 Å². The zero-order valence-electron chi connectivity index (χ0n) is 5.03. The van der Waals surface area contributed by atoms with Crippen molar-refractivity contribution in [3.63, 3.8) is 0 Å². The summed E-state index contributed by atoms with van der Waals surface area (Å²) in [6.07, 6.45) is 4.19. The Balaban J connectivity index is 4.00. The second-order valence-corrected chi connectivity index (χ2v) is 1.38. The highest BCUT2D eigenvalue weighted by Gasteiger charge is 1.98. The lowest BCUT2D eigenvalue weighted by atomic mass is 10.4. The van der Waals surface area contributed by atoms with E-state index in [2.05, 4.69) is 0 Å². The van der Waals surface area contributed by atoms with Crippen LogP contribution < -0.4 is 0 Å². The molecule has 0 aromatic carbocycles. The highest BCUT2D eigenvalue weighted by atomic mass is 16.4. The van der Waals surface area contributed by atoms with E-state index in [-0.39, 0.29) is 0 Å². The Morgan fingerprint density at radius 1 is 1.44 bits per heavy atom. The molecule has 0 aliphatic carbocycles. The van der Waals surface area contributed by atoms with Gasteiger partial charge in [0.1, 0.15) is 0 Å². The van der Waals surface area contributed by atoms with E-state index in [0.717, 1.165) is 6.08 Å². The highest BCUT2D eigenvalue weighted by molar-refractivity contribution is 5.83. The summed E-state index contributed by atoms with van der Waals surface area (Å²) in [7, 11) is 0. The van der Waals surface area contributed by atoms with Crippen molar-refractivity contribution >= 4 is 5.97 Å². The van der Waals surface area contributed by atoms with Gasteiger partial charge in [-0.2, -0.15) is 0 Å². The van der Waals surface area contributed by atoms with Crippen molar-refractivity contribution in [2.45, 2.75) is 6.92 Å². The first-order chi connectivity index (χ1) is 4.18. The summed E-state index contributed by atoms with van der Waals surface area (Å²) < 4.78 is 0. The van der Waals surface area contributed by atoms with Gasteiger partial charge in [0.25, 0.3) is 0 Å². The Labute approximate surface area is 52.9 Å². The Morgan fingerprint density at radius 2 is 2.00 bits per heavy atom. The van der Waals surface area contributed by atoms with E-state index < -0.39 is 11.7 Å². The third kappa shape index (κ3) is 3.34. The largest absolute Gasteiger partial charge is 0.502 e. The predicted molar refractivity (Wildman–Crippen MR) is 33.2 cm³/mol. The maximum absolute atomic E-state index is 9.85. The number of hydrogen-bond donors (Lipinski definition) is 2. The van der Waals surface area contributed by atoms with Crippen molar-refractivity contribution < 1.29 is 15.0 Å². The molecule has 0 rings (SSSR count). The maximum Gasteiger partial charge on any atom is 0.370 e. The smallest absolute Gasteiger partial charge is 0.370 e. The van der Waals surface area contributed by atoms with Crippen molar-refractivity contribution in [2.24, 2.45) is 0 Å². The maximum atomic E-state index is 9.85. The van der Waals surface area contributed by atoms with Crippen LogP contribution >= 0.6 is 0 Å². The van der Waals surface area contributed by atoms with E-state index in [9.17, 15) is 4.79 Å². The molecule has 0 aliphatic rings. The summed E-state index contributed by atoms with van der Waals surface area (Å²) in [6, 6.07) is 0. The number of carboxylic acids is 1. The van der Waals surface area contributed by atoms with Crippen LogP contribution in [0.1, 0.15) is 6.92 Å². The lowest BCUT2D eigenvalue weighted by Crippen LogP contribution is -1.97. The van der Waals surface area contributed by atoms with Crippen molar-refractivity contribution in [3.8, 4) is 0 Å². The molecule has 3 heteroatoms. The first-order valence-electron chi connectivity index (χ1n) is 2.43. The Bertz CT molecular complexity index is 156. The topological polar surface area (TPSA) is 57.5 Å². The number of rotatable bonds is 2. The van der Waals surface area contributed by atoms with Gasteiger partial charge in [-0.1, -0.05) is 12.2 Å². The van der Waals surface area contributed by atoms with Gasteiger partial charge in [-0.3, -0.25) is 0 Å². The molecule has 2 N–H and O–H groups in total. The number of allylic oxidation sites excluding steroid dienone is 3. The average molecular weight is 128 g/mol. The van der Waals surface area contributed by atoms with Crippen LogP contribution in [0.2, 0.25) is 0 Å². The minimum Gasteiger partial charge on any atom is -0.502 e. The molecule has 0 atom stereocenters. The fourth-order valence-electron chi connectivity index (χ4n) is 0.259. The van der Waals surface area contributed by atoms with E-state index in [4.69, 9.17) is 10.2 Å². The van der Waals surface area contributed by atoms with E-state index in [1.165, 1.54) is 6.08 Å². The molecule has 0 saturated carbocycles. The van der Waals surface area contributed by atoms with Gasteiger partial charge >= 0.3 is 5.97 Å². The van der Waals surface area contributed by atoms with Gasteiger partial charge in [-0.05, 0) is 13.0 Å². The standard InChI is InChI=1S/C6H8O3/c1-2-3-4-5(7)6(8)9/h2-4,7H,1H3,(H,8,9)/b3-2+,5-4-. The minimum absolute atomic E-state index is 0.645. The normalized spacial score (nSPS) is 12.3. The Kier molecular flexibility index (Phi) is 3.20. The van der Waals surface area contributed by atoms with Crippen LogP contribution in [0, 0.1) is 0 Å². The van der Waals surface area contributed by atoms with Crippen molar-refractivity contribution in [1.29, 1.82) is 0 Å². The van der Waals surface area contributed by atoms with Gasteiger partial charge in [0, 0.05) is 0 Å². The monoisotopic (exact) mass is 128 g/mol. The first kappa shape index (κ1) is 7.75. The highest BCUT2D eigenvalue weighted by Crippen LogP contribution is 1.87. The van der Waals surface area contributed by atoms with Crippen LogP contribution in [0.15, 0.2) is 24.0 Å². The summed E-state index contributed by atoms with van der Waals surface area (Å²) in [4.78, 5) is 9.85. The van der Waals surface area contributed by atoms with Crippen LogP contribution in [-0.4, -0.2) is 16.2 Å². The second-order valence-electron chi connectivity index (χ2n) is 1.38. The molecular weight excluding hydrogens is 120 g/mol. The van der Waals surface area contributed by atoms with Gasteiger partial charge in [0.15, 0.2) is 0 Å². The quantitative estimate of drug-likeness (QED) is 0.332. The van der Waals surface area contributed by atoms with Crippen molar-refractivity contribution in [3.05, 3.63) is 24.0 Å². The molecule has 3 nitrogen and oxygen atoms in total. The number of aliphatic hydroxyl groups excluding tert-OH is 1. The van der Waals surface area contributed by atoms with Crippen LogP contribution in [0.4, 0.5) is 0 Å². The number of hydrogen-bond acceptors (Lipinski definition) is 2. The van der Waals surface area contributed by atoms with Crippen molar-refractivity contribution in [1.82, 2.24) is 0 Å². The molecule has 0 fully saturated rings. The second kappa shape index (κ2) is 3.72. The summed E-state index contributed by atoms with van der Waals surface area (Å²) >= 11 is 0. The van der Waals surface area contributed by atoms with Crippen LogP contribution in [0.25, 0.3) is 0 Å². The molecule has 0 unspecified atom stereocenters. The molecule has 0 spiro atoms. The summed E-state index contributed by atoms with van der Waals surface area (Å²) in [5.74, 6) is -1.96. The summed E-state index contributed by atoms with van der Waals surface area (Å²) in [6.45, 7) is 1.73. The SMILES string of the molecule is C/C=C/C=C(\O)C(=O)O. The van der Waals surface area contributed by atoms with Gasteiger partial charge < -0.3 is 10.2 Å². The molecule has 0 amide bonds. The summed E-state index contributed by atoms with van der Waals surface area (Å²) in [5.41, 5.74) is 0. The van der Waals surface area contributed by atoms with Gasteiger partial charge in [-0.25, -0.2) is 4.79 Å². The van der Waals surface area contributed by atoms with E-state index in [1.807, 2.05) is 0 Å². The minimum atomic E-state index is -1.31. The molecular formula is C6H8O3. The zero-order valence-corrected chi connectivity index (χ0v) is 5.03. The number of aliphatic carboxylic acids is 1. The first-order valence-corrected chi connectivity index (χ1v) is 2.43. The molecule has 9 heavy (non-hydrogen) atoms. The Morgan fingerprint density at radius 3 is 2.33 bits per heavy atom. The molecule has 0 heterocycles. The zero-order chi connectivity index (χ0) is 7.28. The van der Waals surface area contributed by atoms with E-state index in [1.54, 1.807) is 13.0 Å². The van der Waals surface area contributed by atoms with E-state index in [0.29, 0.717) is 0 Å². The number of aliphatic hydroxyl groups is 1. The number of carbonyl (C=O) groups is 1. The summed E-state index contributed by atoms with van der Waals surface area (Å²) in [5, 5.41) is 16.5. The van der Waals surface area contributed by atoms with Gasteiger partial charge in [0.05, 0.1) is 0 Å². The van der Waals surface area contributed by atoms with Crippen LogP contribution in [0.3, 0.4) is 0 Å². The fraction of sp³-hybridized carbons (Fsp3) is 0.167. The third-order valence-corrected chi connectivity index (χ3v) is 0.666. The third-order valence-electron chi connectivity index (χ3n) is 0.666. The molecule has 0 aromatic heterocycles. The molecule has 0 aromatic rings. The average Bonchev–Trinajstić information content (AvgIpc) is 1.82. The molecule has 50 valence electrons. The molecule has 0 radical (unpaired) electrons.